The van der Waals surface area contributed by atoms with Crippen LogP contribution in [0.15, 0.2) is 34.1 Å². The molecule has 0 bridgehead atoms. The van der Waals surface area contributed by atoms with Gasteiger partial charge in [-0.1, -0.05) is 19.9 Å². The van der Waals surface area contributed by atoms with Gasteiger partial charge in [0.05, 0.1) is 4.90 Å². The number of hydrogen-bond acceptors (Lipinski definition) is 4. The van der Waals surface area contributed by atoms with Gasteiger partial charge in [-0.05, 0) is 36.6 Å². The average Bonchev–Trinajstić information content (AvgIpc) is 2.83. The Bertz CT molecular complexity index is 895. The molecule has 1 aliphatic heterocycles. The molecule has 0 atom stereocenters. The third kappa shape index (κ3) is 2.99. The molecular formula is C17H23N3O3S. The zero-order chi connectivity index (χ0) is 17.3. The van der Waals surface area contributed by atoms with Crippen molar-refractivity contribution in [3.8, 4) is 0 Å². The molecule has 0 aliphatic carbocycles. The number of hydrogen-bond donors (Lipinski definition) is 2. The van der Waals surface area contributed by atoms with E-state index in [1.165, 1.54) is 10.5 Å². The Balaban J connectivity index is 2.28. The molecule has 130 valence electrons. The van der Waals surface area contributed by atoms with Crippen LogP contribution in [-0.2, 0) is 10.0 Å². The Morgan fingerprint density at radius 3 is 2.62 bits per heavy atom. The van der Waals surface area contributed by atoms with Crippen molar-refractivity contribution >= 4 is 20.8 Å². The number of aromatic amines is 1. The van der Waals surface area contributed by atoms with Gasteiger partial charge in [0.15, 0.2) is 0 Å². The lowest BCUT2D eigenvalue weighted by Crippen LogP contribution is -2.35. The molecule has 0 unspecified atom stereocenters. The van der Waals surface area contributed by atoms with Crippen molar-refractivity contribution in [3.63, 3.8) is 0 Å². The van der Waals surface area contributed by atoms with E-state index in [9.17, 15) is 13.2 Å². The van der Waals surface area contributed by atoms with Crippen molar-refractivity contribution in [3.05, 3.63) is 40.3 Å². The second-order valence-electron chi connectivity index (χ2n) is 6.41. The van der Waals surface area contributed by atoms with Crippen LogP contribution in [0.3, 0.4) is 0 Å². The van der Waals surface area contributed by atoms with Gasteiger partial charge in [0.2, 0.25) is 10.0 Å². The molecule has 2 heterocycles. The zero-order valence-electron chi connectivity index (χ0n) is 14.0. The van der Waals surface area contributed by atoms with Gasteiger partial charge in [-0.15, -0.1) is 0 Å². The fourth-order valence-electron chi connectivity index (χ4n) is 3.19. The van der Waals surface area contributed by atoms with Crippen LogP contribution in [0, 0.1) is 0 Å². The Kier molecular flexibility index (Phi) is 4.76. The van der Waals surface area contributed by atoms with Crippen molar-refractivity contribution in [1.29, 1.82) is 0 Å². The minimum atomic E-state index is -3.66. The monoisotopic (exact) mass is 349 g/mol. The maximum Gasteiger partial charge on any atom is 0.255 e. The Morgan fingerprint density at radius 2 is 1.88 bits per heavy atom. The summed E-state index contributed by atoms with van der Waals surface area (Å²) in [5.41, 5.74) is 0.488. The Hall–Kier alpha value is -1.70. The Labute approximate surface area is 141 Å². The highest BCUT2D eigenvalue weighted by Gasteiger charge is 2.30. The molecule has 1 aliphatic rings. The fraction of sp³-hybridized carbons (Fsp3) is 0.471. The summed E-state index contributed by atoms with van der Waals surface area (Å²) in [7, 11) is -3.66. The summed E-state index contributed by atoms with van der Waals surface area (Å²) in [6.07, 6.45) is 2.29. The maximum absolute atomic E-state index is 13.4. The van der Waals surface area contributed by atoms with Gasteiger partial charge < -0.3 is 10.3 Å². The number of H-pyrrole nitrogens is 1. The highest BCUT2D eigenvalue weighted by atomic mass is 32.2. The predicted molar refractivity (Wildman–Crippen MR) is 94.9 cm³/mol. The number of pyridine rings is 1. The van der Waals surface area contributed by atoms with Crippen LogP contribution in [0.4, 0.5) is 0 Å². The number of fused-ring (bicyclic) bond motifs is 1. The van der Waals surface area contributed by atoms with Crippen molar-refractivity contribution in [2.24, 2.45) is 0 Å². The van der Waals surface area contributed by atoms with E-state index >= 15 is 0 Å². The summed E-state index contributed by atoms with van der Waals surface area (Å²) in [6, 6.07) is 5.17. The standard InChI is InChI=1S/C17H23N3O3S/c1-12(2)13-4-5-15-14(6-8-19-17(15)21)16(13)24(22,23)20-10-3-7-18-9-11-20/h4-6,8,12,18H,3,7,9-11H2,1-2H3,(H,19,21). The first-order valence-corrected chi connectivity index (χ1v) is 9.72. The smallest absolute Gasteiger partial charge is 0.255 e. The summed E-state index contributed by atoms with van der Waals surface area (Å²) < 4.78 is 28.3. The summed E-state index contributed by atoms with van der Waals surface area (Å²) in [6.45, 7) is 6.33. The second kappa shape index (κ2) is 6.66. The van der Waals surface area contributed by atoms with Gasteiger partial charge in [-0.2, -0.15) is 4.31 Å². The molecule has 1 aromatic carbocycles. The average molecular weight is 349 g/mol. The van der Waals surface area contributed by atoms with Crippen molar-refractivity contribution in [2.75, 3.05) is 26.2 Å². The van der Waals surface area contributed by atoms with Crippen molar-refractivity contribution in [2.45, 2.75) is 31.1 Å². The van der Waals surface area contributed by atoms with Crippen molar-refractivity contribution in [1.82, 2.24) is 14.6 Å². The van der Waals surface area contributed by atoms with E-state index in [0.29, 0.717) is 30.4 Å². The van der Waals surface area contributed by atoms with Crippen LogP contribution in [0.1, 0.15) is 31.7 Å². The summed E-state index contributed by atoms with van der Waals surface area (Å²) in [4.78, 5) is 15.0. The third-order valence-corrected chi connectivity index (χ3v) is 6.47. The van der Waals surface area contributed by atoms with E-state index in [-0.39, 0.29) is 16.4 Å². The number of nitrogens with one attached hydrogen (secondary N) is 2. The van der Waals surface area contributed by atoms with Gasteiger partial charge in [0.1, 0.15) is 0 Å². The van der Waals surface area contributed by atoms with Gasteiger partial charge in [0, 0.05) is 36.6 Å². The lowest BCUT2D eigenvalue weighted by molar-refractivity contribution is 0.431. The number of sulfonamides is 1. The first kappa shape index (κ1) is 17.1. The van der Waals surface area contributed by atoms with Crippen LogP contribution >= 0.6 is 0 Å². The van der Waals surface area contributed by atoms with E-state index in [4.69, 9.17) is 0 Å². The quantitative estimate of drug-likeness (QED) is 0.882. The molecule has 0 spiro atoms. The first-order chi connectivity index (χ1) is 11.4. The van der Waals surface area contributed by atoms with Gasteiger partial charge >= 0.3 is 0 Å². The highest BCUT2D eigenvalue weighted by molar-refractivity contribution is 7.89. The molecule has 0 amide bonds. The van der Waals surface area contributed by atoms with E-state index in [1.807, 2.05) is 13.8 Å². The molecule has 6 nitrogen and oxygen atoms in total. The number of benzene rings is 1. The first-order valence-electron chi connectivity index (χ1n) is 8.28. The fourth-order valence-corrected chi connectivity index (χ4v) is 5.21. The van der Waals surface area contributed by atoms with Crippen LogP contribution in [0.2, 0.25) is 0 Å². The summed E-state index contributed by atoms with van der Waals surface area (Å²) in [5.74, 6) is 0.0450. The number of nitrogens with zero attached hydrogens (tertiary/aromatic N) is 1. The summed E-state index contributed by atoms with van der Waals surface area (Å²) >= 11 is 0. The molecule has 1 saturated heterocycles. The lowest BCUT2D eigenvalue weighted by Gasteiger charge is -2.23. The maximum atomic E-state index is 13.4. The molecule has 3 rings (SSSR count). The zero-order valence-corrected chi connectivity index (χ0v) is 14.8. The molecule has 0 saturated carbocycles. The number of aromatic nitrogens is 1. The van der Waals surface area contributed by atoms with E-state index in [2.05, 4.69) is 10.3 Å². The SMILES string of the molecule is CC(C)c1ccc2c(=O)[nH]ccc2c1S(=O)(=O)N1CCCNCC1. The van der Waals surface area contributed by atoms with E-state index < -0.39 is 10.0 Å². The number of rotatable bonds is 3. The molecular weight excluding hydrogens is 326 g/mol. The van der Waals surface area contributed by atoms with Gasteiger partial charge in [0.25, 0.3) is 5.56 Å². The van der Waals surface area contributed by atoms with Crippen LogP contribution in [0.25, 0.3) is 10.8 Å². The van der Waals surface area contributed by atoms with E-state index in [0.717, 1.165) is 18.5 Å². The normalized spacial score (nSPS) is 17.3. The topological polar surface area (TPSA) is 82.3 Å². The van der Waals surface area contributed by atoms with Crippen LogP contribution in [0.5, 0.6) is 0 Å². The molecule has 24 heavy (non-hydrogen) atoms. The van der Waals surface area contributed by atoms with E-state index in [1.54, 1.807) is 18.2 Å². The van der Waals surface area contributed by atoms with Gasteiger partial charge in [-0.25, -0.2) is 8.42 Å². The third-order valence-electron chi connectivity index (χ3n) is 4.45. The minimum Gasteiger partial charge on any atom is -0.329 e. The highest BCUT2D eigenvalue weighted by Crippen LogP contribution is 2.32. The molecule has 7 heteroatoms. The predicted octanol–water partition coefficient (Wildman–Crippen LogP) is 1.64. The van der Waals surface area contributed by atoms with Gasteiger partial charge in [-0.3, -0.25) is 4.79 Å². The molecule has 1 fully saturated rings. The lowest BCUT2D eigenvalue weighted by atomic mass is 10.00. The largest absolute Gasteiger partial charge is 0.329 e. The second-order valence-corrected chi connectivity index (χ2v) is 8.29. The molecule has 1 aromatic heterocycles. The minimum absolute atomic E-state index is 0.0450. The van der Waals surface area contributed by atoms with Crippen LogP contribution in [-0.4, -0.2) is 43.9 Å². The molecule has 2 N–H and O–H groups in total. The van der Waals surface area contributed by atoms with Crippen molar-refractivity contribution < 1.29 is 8.42 Å². The molecule has 2 aromatic rings. The van der Waals surface area contributed by atoms with Crippen LogP contribution < -0.4 is 10.9 Å². The summed E-state index contributed by atoms with van der Waals surface area (Å²) in [5, 5.41) is 4.14. The molecule has 0 radical (unpaired) electrons. The Morgan fingerprint density at radius 1 is 1.08 bits per heavy atom.